The van der Waals surface area contributed by atoms with Gasteiger partial charge in [0, 0.05) is 12.1 Å². The van der Waals surface area contributed by atoms with Crippen LogP contribution < -0.4 is 14.8 Å². The van der Waals surface area contributed by atoms with Crippen molar-refractivity contribution in [2.24, 2.45) is 0 Å². The Morgan fingerprint density at radius 3 is 2.62 bits per heavy atom. The van der Waals surface area contributed by atoms with E-state index in [-0.39, 0.29) is 5.82 Å². The number of halogens is 1. The third kappa shape index (κ3) is 3.82. The highest BCUT2D eigenvalue weighted by Crippen LogP contribution is 2.31. The third-order valence-electron chi connectivity index (χ3n) is 4.56. The van der Waals surface area contributed by atoms with E-state index in [1.807, 2.05) is 18.2 Å². The molecule has 0 spiro atoms. The lowest BCUT2D eigenvalue weighted by Crippen LogP contribution is -2.08. The van der Waals surface area contributed by atoms with Crippen molar-refractivity contribution in [3.05, 3.63) is 60.2 Å². The SMILES string of the molecule is COc1ccc(OC)c(CCNc2ncnc3onc(-c4ccc(F)cc4)c23)c1. The molecule has 29 heavy (non-hydrogen) atoms. The minimum Gasteiger partial charge on any atom is -0.497 e. The minimum absolute atomic E-state index is 0.316. The smallest absolute Gasteiger partial charge is 0.263 e. The van der Waals surface area contributed by atoms with Crippen LogP contribution in [0.2, 0.25) is 0 Å². The van der Waals surface area contributed by atoms with Gasteiger partial charge in [-0.1, -0.05) is 5.16 Å². The second-order valence-corrected chi connectivity index (χ2v) is 6.30. The number of rotatable bonds is 7. The van der Waals surface area contributed by atoms with Crippen LogP contribution in [0.5, 0.6) is 11.5 Å². The number of fused-ring (bicyclic) bond motifs is 1. The molecule has 2 aromatic heterocycles. The molecule has 0 aliphatic carbocycles. The van der Waals surface area contributed by atoms with Crippen LogP contribution in [-0.2, 0) is 6.42 Å². The fraction of sp³-hybridized carbons (Fsp3) is 0.190. The van der Waals surface area contributed by atoms with Crippen LogP contribution in [0.15, 0.2) is 53.3 Å². The lowest BCUT2D eigenvalue weighted by atomic mass is 10.1. The molecule has 0 saturated heterocycles. The summed E-state index contributed by atoms with van der Waals surface area (Å²) in [5.41, 5.74) is 2.65. The summed E-state index contributed by atoms with van der Waals surface area (Å²) in [5.74, 6) is 1.83. The number of anilines is 1. The predicted octanol–water partition coefficient (Wildman–Crippen LogP) is 4.10. The summed E-state index contributed by atoms with van der Waals surface area (Å²) < 4.78 is 29.3. The average molecular weight is 394 g/mol. The van der Waals surface area contributed by atoms with Crippen molar-refractivity contribution in [1.29, 1.82) is 0 Å². The molecule has 8 heteroatoms. The number of hydrogen-bond donors (Lipinski definition) is 1. The summed E-state index contributed by atoms with van der Waals surface area (Å²) in [6.45, 7) is 0.587. The van der Waals surface area contributed by atoms with E-state index in [1.54, 1.807) is 26.4 Å². The Morgan fingerprint density at radius 2 is 1.86 bits per heavy atom. The minimum atomic E-state index is -0.316. The van der Waals surface area contributed by atoms with Crippen molar-refractivity contribution in [3.8, 4) is 22.8 Å². The first-order valence-corrected chi connectivity index (χ1v) is 9.00. The van der Waals surface area contributed by atoms with Crippen LogP contribution >= 0.6 is 0 Å². The lowest BCUT2D eigenvalue weighted by molar-refractivity contribution is 0.399. The van der Waals surface area contributed by atoms with Gasteiger partial charge < -0.3 is 19.3 Å². The molecule has 0 radical (unpaired) electrons. The highest BCUT2D eigenvalue weighted by atomic mass is 19.1. The quantitative estimate of drug-likeness (QED) is 0.505. The summed E-state index contributed by atoms with van der Waals surface area (Å²) in [4.78, 5) is 8.47. The predicted molar refractivity (Wildman–Crippen MR) is 107 cm³/mol. The Balaban J connectivity index is 1.59. The first-order valence-electron chi connectivity index (χ1n) is 9.00. The summed E-state index contributed by atoms with van der Waals surface area (Å²) in [5, 5.41) is 8.06. The van der Waals surface area contributed by atoms with Gasteiger partial charge in [-0.15, -0.1) is 0 Å². The molecule has 0 bridgehead atoms. The van der Waals surface area contributed by atoms with Gasteiger partial charge in [-0.2, -0.15) is 4.98 Å². The molecule has 2 aromatic carbocycles. The van der Waals surface area contributed by atoms with E-state index < -0.39 is 0 Å². The number of methoxy groups -OCH3 is 2. The van der Waals surface area contributed by atoms with Crippen LogP contribution in [0.1, 0.15) is 5.56 Å². The topological polar surface area (TPSA) is 82.3 Å². The maximum absolute atomic E-state index is 13.3. The molecule has 0 aliphatic heterocycles. The van der Waals surface area contributed by atoms with Crippen LogP contribution in [0.25, 0.3) is 22.4 Å². The summed E-state index contributed by atoms with van der Waals surface area (Å²) in [6, 6.07) is 11.7. The Kier molecular flexibility index (Phi) is 5.24. The number of ether oxygens (including phenoxy) is 2. The van der Waals surface area contributed by atoms with Gasteiger partial charge in [-0.3, -0.25) is 0 Å². The van der Waals surface area contributed by atoms with E-state index in [0.29, 0.717) is 35.6 Å². The molecule has 1 N–H and O–H groups in total. The molecule has 0 saturated carbocycles. The van der Waals surface area contributed by atoms with Gasteiger partial charge in [0.15, 0.2) is 0 Å². The first kappa shape index (κ1) is 18.7. The van der Waals surface area contributed by atoms with Gasteiger partial charge in [0.1, 0.15) is 40.5 Å². The fourth-order valence-corrected chi connectivity index (χ4v) is 3.12. The lowest BCUT2D eigenvalue weighted by Gasteiger charge is -2.11. The Labute approximate surface area is 166 Å². The molecule has 0 unspecified atom stereocenters. The van der Waals surface area contributed by atoms with Crippen LogP contribution in [0, 0.1) is 5.82 Å². The monoisotopic (exact) mass is 394 g/mol. The molecule has 2 heterocycles. The molecule has 0 atom stereocenters. The standard InChI is InChI=1S/C21H19FN4O3/c1-27-16-7-8-17(28-2)14(11-16)9-10-23-20-18-19(13-3-5-15(22)6-4-13)26-29-21(18)25-12-24-20/h3-8,11-12H,9-10H2,1-2H3,(H,23,24,25). The molecule has 0 amide bonds. The van der Waals surface area contributed by atoms with Crippen LogP contribution in [-0.4, -0.2) is 35.9 Å². The normalized spacial score (nSPS) is 10.9. The maximum Gasteiger partial charge on any atom is 0.263 e. The average Bonchev–Trinajstić information content (AvgIpc) is 3.19. The highest BCUT2D eigenvalue weighted by molar-refractivity contribution is 5.97. The number of hydrogen-bond acceptors (Lipinski definition) is 7. The molecule has 4 aromatic rings. The molecular formula is C21H19FN4O3. The third-order valence-corrected chi connectivity index (χ3v) is 4.56. The summed E-state index contributed by atoms with van der Waals surface area (Å²) in [7, 11) is 3.27. The van der Waals surface area contributed by atoms with Gasteiger partial charge in [0.05, 0.1) is 14.2 Å². The van der Waals surface area contributed by atoms with Crippen molar-refractivity contribution in [2.75, 3.05) is 26.1 Å². The van der Waals surface area contributed by atoms with Gasteiger partial charge in [-0.25, -0.2) is 9.37 Å². The number of benzene rings is 2. The van der Waals surface area contributed by atoms with E-state index in [2.05, 4.69) is 20.4 Å². The van der Waals surface area contributed by atoms with Gasteiger partial charge in [0.25, 0.3) is 5.71 Å². The van der Waals surface area contributed by atoms with Crippen molar-refractivity contribution in [3.63, 3.8) is 0 Å². The van der Waals surface area contributed by atoms with Gasteiger partial charge in [0.2, 0.25) is 0 Å². The largest absolute Gasteiger partial charge is 0.497 e. The van der Waals surface area contributed by atoms with Crippen LogP contribution in [0.3, 0.4) is 0 Å². The Morgan fingerprint density at radius 1 is 1.03 bits per heavy atom. The molecule has 7 nitrogen and oxygen atoms in total. The molecule has 0 aliphatic rings. The van der Waals surface area contributed by atoms with Gasteiger partial charge in [-0.05, 0) is 54.4 Å². The Bertz CT molecular complexity index is 1130. The second kappa shape index (κ2) is 8.14. The first-order chi connectivity index (χ1) is 14.2. The van der Waals surface area contributed by atoms with E-state index in [9.17, 15) is 4.39 Å². The second-order valence-electron chi connectivity index (χ2n) is 6.30. The van der Waals surface area contributed by atoms with Crippen molar-refractivity contribution < 1.29 is 18.4 Å². The van der Waals surface area contributed by atoms with E-state index in [1.165, 1.54) is 18.5 Å². The summed E-state index contributed by atoms with van der Waals surface area (Å²) in [6.07, 6.45) is 2.10. The van der Waals surface area contributed by atoms with Gasteiger partial charge >= 0.3 is 0 Å². The van der Waals surface area contributed by atoms with Crippen molar-refractivity contribution in [1.82, 2.24) is 15.1 Å². The number of nitrogens with one attached hydrogen (secondary N) is 1. The van der Waals surface area contributed by atoms with Crippen molar-refractivity contribution in [2.45, 2.75) is 6.42 Å². The Hall–Kier alpha value is -3.68. The fourth-order valence-electron chi connectivity index (χ4n) is 3.12. The van der Waals surface area contributed by atoms with E-state index in [0.717, 1.165) is 22.6 Å². The van der Waals surface area contributed by atoms with Crippen LogP contribution in [0.4, 0.5) is 10.2 Å². The summed E-state index contributed by atoms with van der Waals surface area (Å²) >= 11 is 0. The zero-order valence-electron chi connectivity index (χ0n) is 16.0. The highest BCUT2D eigenvalue weighted by Gasteiger charge is 2.17. The zero-order valence-corrected chi connectivity index (χ0v) is 16.0. The van der Waals surface area contributed by atoms with E-state index in [4.69, 9.17) is 14.0 Å². The molecule has 0 fully saturated rings. The van der Waals surface area contributed by atoms with E-state index >= 15 is 0 Å². The number of aromatic nitrogens is 3. The number of nitrogens with zero attached hydrogens (tertiary/aromatic N) is 3. The zero-order chi connectivity index (χ0) is 20.2. The molecular weight excluding hydrogens is 375 g/mol. The molecule has 4 rings (SSSR count). The van der Waals surface area contributed by atoms with Crippen molar-refractivity contribution >= 4 is 16.9 Å². The molecule has 148 valence electrons. The maximum atomic E-state index is 13.3.